The van der Waals surface area contributed by atoms with Crippen LogP contribution in [0, 0.1) is 12.3 Å². The van der Waals surface area contributed by atoms with Gasteiger partial charge in [0.1, 0.15) is 0 Å². The fourth-order valence-corrected chi connectivity index (χ4v) is 1.58. The molecule has 0 bridgehead atoms. The molecule has 0 aliphatic heterocycles. The van der Waals surface area contributed by atoms with Gasteiger partial charge in [-0.05, 0) is 17.7 Å². The third-order valence-corrected chi connectivity index (χ3v) is 2.39. The van der Waals surface area contributed by atoms with Gasteiger partial charge in [0.25, 0.3) is 0 Å². The SMILES string of the molecule is C#Cc1ccc(C(CC(=O)O)CC(=O)O)cc1. The molecule has 0 unspecified atom stereocenters. The first-order valence-electron chi connectivity index (χ1n) is 5.03. The second-order valence-electron chi connectivity index (χ2n) is 3.66. The van der Waals surface area contributed by atoms with E-state index in [0.29, 0.717) is 11.1 Å². The molecule has 0 saturated carbocycles. The number of terminal acetylenes is 1. The van der Waals surface area contributed by atoms with Gasteiger partial charge in [0.15, 0.2) is 0 Å². The van der Waals surface area contributed by atoms with E-state index in [2.05, 4.69) is 5.92 Å². The summed E-state index contributed by atoms with van der Waals surface area (Å²) in [6.45, 7) is 0. The second-order valence-corrected chi connectivity index (χ2v) is 3.66. The zero-order valence-electron chi connectivity index (χ0n) is 9.09. The van der Waals surface area contributed by atoms with Gasteiger partial charge in [0.2, 0.25) is 0 Å². The molecule has 0 aromatic heterocycles. The van der Waals surface area contributed by atoms with Crippen molar-refractivity contribution in [1.82, 2.24) is 0 Å². The zero-order valence-corrected chi connectivity index (χ0v) is 9.09. The molecule has 1 aromatic rings. The topological polar surface area (TPSA) is 74.6 Å². The molecule has 2 N–H and O–H groups in total. The summed E-state index contributed by atoms with van der Waals surface area (Å²) in [7, 11) is 0. The van der Waals surface area contributed by atoms with Crippen molar-refractivity contribution in [2.45, 2.75) is 18.8 Å². The third-order valence-electron chi connectivity index (χ3n) is 2.39. The van der Waals surface area contributed by atoms with Crippen LogP contribution in [0.3, 0.4) is 0 Å². The lowest BCUT2D eigenvalue weighted by Gasteiger charge is -2.12. The normalized spacial score (nSPS) is 9.88. The molecular formula is C13H12O4. The molecule has 88 valence electrons. The van der Waals surface area contributed by atoms with E-state index in [9.17, 15) is 9.59 Å². The van der Waals surface area contributed by atoms with E-state index in [-0.39, 0.29) is 12.8 Å². The average Bonchev–Trinajstić information content (AvgIpc) is 2.27. The van der Waals surface area contributed by atoms with Crippen LogP contribution in [0.1, 0.15) is 29.9 Å². The number of carbonyl (C=O) groups is 2. The lowest BCUT2D eigenvalue weighted by molar-refractivity contribution is -0.139. The first kappa shape index (κ1) is 12.8. The Balaban J connectivity index is 2.91. The number of aliphatic carboxylic acids is 2. The van der Waals surface area contributed by atoms with Crippen LogP contribution in [-0.4, -0.2) is 22.2 Å². The standard InChI is InChI=1S/C13H12O4/c1-2-9-3-5-10(6-4-9)11(7-12(14)15)8-13(16)17/h1,3-6,11H,7-8H2,(H,14,15)(H,16,17). The molecule has 1 aromatic carbocycles. The highest BCUT2D eigenvalue weighted by Crippen LogP contribution is 2.23. The minimum atomic E-state index is -1.02. The quantitative estimate of drug-likeness (QED) is 0.758. The van der Waals surface area contributed by atoms with Crippen LogP contribution < -0.4 is 0 Å². The maximum Gasteiger partial charge on any atom is 0.303 e. The summed E-state index contributed by atoms with van der Waals surface area (Å²) in [4.78, 5) is 21.3. The first-order valence-corrected chi connectivity index (χ1v) is 5.03. The van der Waals surface area contributed by atoms with Crippen molar-refractivity contribution in [3.05, 3.63) is 35.4 Å². The van der Waals surface area contributed by atoms with E-state index < -0.39 is 17.9 Å². The summed E-state index contributed by atoms with van der Waals surface area (Å²) in [6, 6.07) is 6.69. The lowest BCUT2D eigenvalue weighted by Crippen LogP contribution is -2.11. The van der Waals surface area contributed by atoms with Crippen molar-refractivity contribution in [3.8, 4) is 12.3 Å². The number of carboxylic acids is 2. The smallest absolute Gasteiger partial charge is 0.303 e. The molecule has 4 heteroatoms. The molecule has 0 spiro atoms. The molecule has 0 heterocycles. The van der Waals surface area contributed by atoms with Gasteiger partial charge in [-0.2, -0.15) is 0 Å². The monoisotopic (exact) mass is 232 g/mol. The van der Waals surface area contributed by atoms with E-state index in [1.54, 1.807) is 24.3 Å². The Morgan fingerprint density at radius 2 is 1.59 bits per heavy atom. The summed E-state index contributed by atoms with van der Waals surface area (Å²) >= 11 is 0. The number of rotatable bonds is 5. The lowest BCUT2D eigenvalue weighted by atomic mass is 9.92. The van der Waals surface area contributed by atoms with E-state index in [4.69, 9.17) is 16.6 Å². The van der Waals surface area contributed by atoms with E-state index in [1.165, 1.54) is 0 Å². The number of hydrogen-bond donors (Lipinski definition) is 2. The van der Waals surface area contributed by atoms with Gasteiger partial charge in [0.05, 0.1) is 12.8 Å². The molecule has 1 rings (SSSR count). The molecule has 0 radical (unpaired) electrons. The Labute approximate surface area is 98.9 Å². The van der Waals surface area contributed by atoms with Crippen LogP contribution in [0.2, 0.25) is 0 Å². The van der Waals surface area contributed by atoms with Gasteiger partial charge in [0, 0.05) is 11.5 Å². The Morgan fingerprint density at radius 3 is 1.94 bits per heavy atom. The highest BCUT2D eigenvalue weighted by molar-refractivity contribution is 5.72. The van der Waals surface area contributed by atoms with Crippen LogP contribution in [0.4, 0.5) is 0 Å². The van der Waals surface area contributed by atoms with Gasteiger partial charge in [-0.15, -0.1) is 6.42 Å². The van der Waals surface area contributed by atoms with Crippen LogP contribution in [-0.2, 0) is 9.59 Å². The van der Waals surface area contributed by atoms with Gasteiger partial charge in [-0.3, -0.25) is 9.59 Å². The zero-order chi connectivity index (χ0) is 12.8. The fourth-order valence-electron chi connectivity index (χ4n) is 1.58. The Morgan fingerprint density at radius 1 is 1.12 bits per heavy atom. The summed E-state index contributed by atoms with van der Waals surface area (Å²) in [6.07, 6.45) is 4.79. The maximum atomic E-state index is 10.7. The molecule has 0 aliphatic rings. The minimum absolute atomic E-state index is 0.207. The van der Waals surface area contributed by atoms with E-state index in [1.807, 2.05) is 0 Å². The average molecular weight is 232 g/mol. The van der Waals surface area contributed by atoms with Gasteiger partial charge >= 0.3 is 11.9 Å². The van der Waals surface area contributed by atoms with Gasteiger partial charge < -0.3 is 10.2 Å². The van der Waals surface area contributed by atoms with Crippen molar-refractivity contribution in [2.75, 3.05) is 0 Å². The van der Waals surface area contributed by atoms with Crippen LogP contribution in [0.25, 0.3) is 0 Å². The summed E-state index contributed by atoms with van der Waals surface area (Å²) < 4.78 is 0. The van der Waals surface area contributed by atoms with Crippen molar-refractivity contribution in [2.24, 2.45) is 0 Å². The minimum Gasteiger partial charge on any atom is -0.481 e. The van der Waals surface area contributed by atoms with E-state index in [0.717, 1.165) is 0 Å². The molecule has 0 amide bonds. The molecule has 4 nitrogen and oxygen atoms in total. The predicted octanol–water partition coefficient (Wildman–Crippen LogP) is 1.70. The highest BCUT2D eigenvalue weighted by Gasteiger charge is 2.18. The molecule has 0 aliphatic carbocycles. The largest absolute Gasteiger partial charge is 0.481 e. The van der Waals surface area contributed by atoms with Crippen molar-refractivity contribution < 1.29 is 19.8 Å². The Kier molecular flexibility index (Phi) is 4.29. The predicted molar refractivity (Wildman–Crippen MR) is 61.6 cm³/mol. The van der Waals surface area contributed by atoms with Crippen LogP contribution in [0.5, 0.6) is 0 Å². The second kappa shape index (κ2) is 5.71. The summed E-state index contributed by atoms with van der Waals surface area (Å²) in [5.41, 5.74) is 1.35. The van der Waals surface area contributed by atoms with Gasteiger partial charge in [-0.1, -0.05) is 18.1 Å². The van der Waals surface area contributed by atoms with Crippen molar-refractivity contribution in [3.63, 3.8) is 0 Å². The molecular weight excluding hydrogens is 220 g/mol. The van der Waals surface area contributed by atoms with Crippen LogP contribution in [0.15, 0.2) is 24.3 Å². The first-order chi connectivity index (χ1) is 8.02. The molecule has 17 heavy (non-hydrogen) atoms. The van der Waals surface area contributed by atoms with Crippen molar-refractivity contribution >= 4 is 11.9 Å². The van der Waals surface area contributed by atoms with Gasteiger partial charge in [-0.25, -0.2) is 0 Å². The Hall–Kier alpha value is -2.28. The van der Waals surface area contributed by atoms with Crippen molar-refractivity contribution in [1.29, 1.82) is 0 Å². The van der Waals surface area contributed by atoms with E-state index >= 15 is 0 Å². The third kappa shape index (κ3) is 3.99. The molecule has 0 atom stereocenters. The number of carboxylic acid groups (broad SMARTS) is 2. The highest BCUT2D eigenvalue weighted by atomic mass is 16.4. The molecule has 0 saturated heterocycles. The summed E-state index contributed by atoms with van der Waals surface area (Å²) in [5.74, 6) is -0.122. The number of benzene rings is 1. The fraction of sp³-hybridized carbons (Fsp3) is 0.231. The van der Waals surface area contributed by atoms with Crippen LogP contribution >= 0.6 is 0 Å². The maximum absolute atomic E-state index is 10.7. The number of hydrogen-bond acceptors (Lipinski definition) is 2. The Bertz CT molecular complexity index is 437. The molecule has 0 fully saturated rings. The summed E-state index contributed by atoms with van der Waals surface area (Å²) in [5, 5.41) is 17.5.